The van der Waals surface area contributed by atoms with Crippen LogP contribution in [0.5, 0.6) is 5.75 Å². The average molecular weight is 733 g/mol. The third-order valence-corrected chi connectivity index (χ3v) is 11.4. The van der Waals surface area contributed by atoms with Gasteiger partial charge in [-0.05, 0) is 54.1 Å². The second kappa shape index (κ2) is 12.5. The summed E-state index contributed by atoms with van der Waals surface area (Å²) < 4.78 is 15.9. The van der Waals surface area contributed by atoms with E-state index < -0.39 is 0 Å². The molecule has 268 valence electrons. The Kier molecular flexibility index (Phi) is 6.95. The van der Waals surface area contributed by atoms with E-state index in [-0.39, 0.29) is 12.0 Å². The fraction of sp³-hybridized carbons (Fsp3) is 0.0392. The highest BCUT2D eigenvalue weighted by Gasteiger charge is 2.39. The van der Waals surface area contributed by atoms with Crippen LogP contribution in [0.15, 0.2) is 186 Å². The van der Waals surface area contributed by atoms with Gasteiger partial charge in [0.15, 0.2) is 17.5 Å². The van der Waals surface area contributed by atoms with Gasteiger partial charge in [0.25, 0.3) is 0 Å². The van der Waals surface area contributed by atoms with Gasteiger partial charge in [-0.3, -0.25) is 0 Å². The number of ether oxygens (including phenoxy) is 1. The minimum atomic E-state index is -0.173. The highest BCUT2D eigenvalue weighted by molar-refractivity contribution is 6.10. The molecular formula is C51H32N4O2. The highest BCUT2D eigenvalue weighted by atomic mass is 16.5. The smallest absolute Gasteiger partial charge is 0.164 e. The van der Waals surface area contributed by atoms with Crippen LogP contribution in [-0.2, 0) is 0 Å². The van der Waals surface area contributed by atoms with Crippen LogP contribution in [-0.4, -0.2) is 25.6 Å². The van der Waals surface area contributed by atoms with Gasteiger partial charge in [0, 0.05) is 55.3 Å². The third-order valence-electron chi connectivity index (χ3n) is 11.4. The predicted octanol–water partition coefficient (Wildman–Crippen LogP) is 12.5. The van der Waals surface area contributed by atoms with E-state index in [0.29, 0.717) is 17.5 Å². The summed E-state index contributed by atoms with van der Waals surface area (Å²) in [4.78, 5) is 14.9. The van der Waals surface area contributed by atoms with Gasteiger partial charge < -0.3 is 13.7 Å². The van der Waals surface area contributed by atoms with Gasteiger partial charge in [0.2, 0.25) is 0 Å². The van der Waals surface area contributed by atoms with Gasteiger partial charge >= 0.3 is 0 Å². The number of para-hydroxylation sites is 3. The molecule has 0 saturated carbocycles. The van der Waals surface area contributed by atoms with Gasteiger partial charge in [-0.15, -0.1) is 0 Å². The Hall–Kier alpha value is -7.57. The van der Waals surface area contributed by atoms with Crippen molar-refractivity contribution in [1.29, 1.82) is 0 Å². The topological polar surface area (TPSA) is 66.0 Å². The van der Waals surface area contributed by atoms with Crippen LogP contribution in [0.3, 0.4) is 0 Å². The van der Waals surface area contributed by atoms with E-state index in [0.717, 1.165) is 61.2 Å². The maximum atomic E-state index is 7.10. The van der Waals surface area contributed by atoms with E-state index in [1.807, 2.05) is 72.8 Å². The standard InChI is InChI=1S/C51H32N4O2/c1-3-13-31(14-4-1)49-52-50(32-15-5-2-6-16-32)54-51(53-49)34-26-28-46-41(30-34)40-29-33(25-27-45(40)56-46)35-19-11-20-38-39-21-12-24-44(48(39)57-47(35)38)55-42-22-9-7-17-36(42)37-18-8-10-23-43(37)55/h1-30,39,48H. The molecule has 1 aliphatic heterocycles. The van der Waals surface area contributed by atoms with Gasteiger partial charge in [0.1, 0.15) is 23.0 Å². The average Bonchev–Trinajstić information content (AvgIpc) is 3.96. The molecule has 3 aromatic heterocycles. The largest absolute Gasteiger partial charge is 0.482 e. The lowest BCUT2D eigenvalue weighted by molar-refractivity contribution is 0.273. The Bertz CT molecular complexity index is 3180. The van der Waals surface area contributed by atoms with Crippen molar-refractivity contribution in [3.63, 3.8) is 0 Å². The number of aromatic nitrogens is 4. The van der Waals surface area contributed by atoms with Gasteiger partial charge in [-0.25, -0.2) is 15.0 Å². The number of furan rings is 1. The monoisotopic (exact) mass is 732 g/mol. The van der Waals surface area contributed by atoms with Crippen molar-refractivity contribution >= 4 is 49.4 Å². The molecule has 7 aromatic carbocycles. The van der Waals surface area contributed by atoms with Crippen molar-refractivity contribution in [3.05, 3.63) is 188 Å². The maximum Gasteiger partial charge on any atom is 0.164 e. The normalized spacial score (nSPS) is 15.9. The number of hydrogen-bond acceptors (Lipinski definition) is 5. The Morgan fingerprint density at radius 3 is 1.68 bits per heavy atom. The number of fused-ring (bicyclic) bond motifs is 9. The van der Waals surface area contributed by atoms with Crippen molar-refractivity contribution in [2.75, 3.05) is 0 Å². The van der Waals surface area contributed by atoms with E-state index in [1.165, 1.54) is 27.4 Å². The molecule has 0 amide bonds. The predicted molar refractivity (Wildman–Crippen MR) is 229 cm³/mol. The van der Waals surface area contributed by atoms with E-state index in [1.54, 1.807) is 0 Å². The molecule has 10 aromatic rings. The lowest BCUT2D eigenvalue weighted by Crippen LogP contribution is -2.24. The van der Waals surface area contributed by atoms with Gasteiger partial charge in [-0.2, -0.15) is 0 Å². The number of benzene rings is 7. The van der Waals surface area contributed by atoms with Crippen molar-refractivity contribution in [3.8, 4) is 51.0 Å². The number of hydrogen-bond donors (Lipinski definition) is 0. The molecule has 57 heavy (non-hydrogen) atoms. The first-order chi connectivity index (χ1) is 28.2. The van der Waals surface area contributed by atoms with E-state index >= 15 is 0 Å². The zero-order chi connectivity index (χ0) is 37.5. The molecule has 12 rings (SSSR count). The Balaban J connectivity index is 0.955. The van der Waals surface area contributed by atoms with Crippen LogP contribution in [0.1, 0.15) is 11.5 Å². The molecule has 0 spiro atoms. The third kappa shape index (κ3) is 5.00. The minimum Gasteiger partial charge on any atom is -0.482 e. The number of allylic oxidation sites excluding steroid dienone is 2. The first-order valence-corrected chi connectivity index (χ1v) is 19.3. The molecule has 0 radical (unpaired) electrons. The number of nitrogens with zero attached hydrogens (tertiary/aromatic N) is 4. The molecule has 0 saturated heterocycles. The zero-order valence-corrected chi connectivity index (χ0v) is 30.6. The lowest BCUT2D eigenvalue weighted by atomic mass is 9.88. The van der Waals surface area contributed by atoms with Crippen LogP contribution in [0.4, 0.5) is 0 Å². The molecule has 6 nitrogen and oxygen atoms in total. The molecule has 2 unspecified atom stereocenters. The van der Waals surface area contributed by atoms with Gasteiger partial charge in [0.05, 0.1) is 16.7 Å². The lowest BCUT2D eigenvalue weighted by Gasteiger charge is -2.25. The number of rotatable bonds is 5. The van der Waals surface area contributed by atoms with E-state index in [4.69, 9.17) is 24.1 Å². The summed E-state index contributed by atoms with van der Waals surface area (Å²) in [6.45, 7) is 0. The summed E-state index contributed by atoms with van der Waals surface area (Å²) in [5.74, 6) is 2.87. The Labute approximate surface area is 327 Å². The second-order valence-corrected chi connectivity index (χ2v) is 14.7. The van der Waals surface area contributed by atoms with Crippen molar-refractivity contribution in [1.82, 2.24) is 19.5 Å². The van der Waals surface area contributed by atoms with Gasteiger partial charge in [-0.1, -0.05) is 133 Å². The summed E-state index contributed by atoms with van der Waals surface area (Å²) in [7, 11) is 0. The quantitative estimate of drug-likeness (QED) is 0.176. The second-order valence-electron chi connectivity index (χ2n) is 14.7. The molecule has 2 aliphatic rings. The first-order valence-electron chi connectivity index (χ1n) is 19.3. The molecule has 2 atom stereocenters. The molecule has 0 N–H and O–H groups in total. The summed E-state index contributed by atoms with van der Waals surface area (Å²) in [6, 6.07) is 56.5. The van der Waals surface area contributed by atoms with Crippen LogP contribution in [0.2, 0.25) is 0 Å². The van der Waals surface area contributed by atoms with Crippen LogP contribution in [0, 0.1) is 0 Å². The van der Waals surface area contributed by atoms with E-state index in [2.05, 4.69) is 114 Å². The molecular weight excluding hydrogens is 701 g/mol. The first kappa shape index (κ1) is 31.7. The van der Waals surface area contributed by atoms with Crippen molar-refractivity contribution in [2.24, 2.45) is 0 Å². The highest BCUT2D eigenvalue weighted by Crippen LogP contribution is 2.50. The molecule has 0 bridgehead atoms. The summed E-state index contributed by atoms with van der Waals surface area (Å²) >= 11 is 0. The summed E-state index contributed by atoms with van der Waals surface area (Å²) in [6.07, 6.45) is 6.50. The van der Waals surface area contributed by atoms with Crippen molar-refractivity contribution in [2.45, 2.75) is 12.0 Å². The fourth-order valence-corrected chi connectivity index (χ4v) is 8.78. The van der Waals surface area contributed by atoms with Crippen LogP contribution >= 0.6 is 0 Å². The summed E-state index contributed by atoms with van der Waals surface area (Å²) in [5, 5.41) is 4.49. The molecule has 4 heterocycles. The van der Waals surface area contributed by atoms with Crippen LogP contribution in [0.25, 0.3) is 94.7 Å². The maximum absolute atomic E-state index is 7.10. The van der Waals surface area contributed by atoms with Crippen LogP contribution < -0.4 is 4.74 Å². The summed E-state index contributed by atoms with van der Waals surface area (Å²) in [5.41, 5.74) is 11.2. The minimum absolute atomic E-state index is 0.0860. The molecule has 6 heteroatoms. The SMILES string of the molecule is C1=CC2c3cccc(-c4ccc5oc6ccc(-c7nc(-c8ccccc8)nc(-c8ccccc8)n7)cc6c5c4)c3OC2C(n2c3ccccc3c3ccccc32)=C1. The Morgan fingerprint density at radius 1 is 0.474 bits per heavy atom. The van der Waals surface area contributed by atoms with E-state index in [9.17, 15) is 0 Å². The fourth-order valence-electron chi connectivity index (χ4n) is 8.78. The molecule has 1 aliphatic carbocycles. The Morgan fingerprint density at radius 2 is 1.04 bits per heavy atom. The molecule has 0 fully saturated rings. The van der Waals surface area contributed by atoms with Crippen molar-refractivity contribution < 1.29 is 9.15 Å². The zero-order valence-electron chi connectivity index (χ0n) is 30.6.